The third-order valence-electron chi connectivity index (χ3n) is 12.1. The Kier molecular flexibility index (Phi) is 8.36. The smallest absolute Gasteiger partial charge is 0.251 e. The Morgan fingerprint density at radius 3 is 2.25 bits per heavy atom. The lowest BCUT2D eigenvalue weighted by Crippen LogP contribution is -2.39. The van der Waals surface area contributed by atoms with Gasteiger partial charge in [0, 0.05) is 91.8 Å². The highest BCUT2D eigenvalue weighted by Crippen LogP contribution is 2.40. The fourth-order valence-electron chi connectivity index (χ4n) is 8.86. The SMILES string of the molecule is Cn1cc(-c2ccc3[nH]nc(-c4nc5c(N6CCOC(c7cc(-c8cncc(F)c8)cc8c(-c9nc%10c(N%11CCC(F)(F)CC%11)nccc%10[nH]9)[nH]nc78)C6)nccc5[nH]4)c3c2)cn1. The van der Waals surface area contributed by atoms with Gasteiger partial charge in [0.05, 0.1) is 47.6 Å². The van der Waals surface area contributed by atoms with Gasteiger partial charge in [-0.05, 0) is 53.6 Å². The average molecular weight is 848 g/mol. The van der Waals surface area contributed by atoms with Gasteiger partial charge in [-0.1, -0.05) is 6.07 Å². The van der Waals surface area contributed by atoms with Crippen LogP contribution in [0.2, 0.25) is 0 Å². The molecule has 8 aromatic heterocycles. The van der Waals surface area contributed by atoms with Crippen molar-refractivity contribution < 1.29 is 17.9 Å². The van der Waals surface area contributed by atoms with E-state index in [1.807, 2.05) is 54.7 Å². The number of imidazole rings is 2. The van der Waals surface area contributed by atoms with Gasteiger partial charge >= 0.3 is 0 Å². The Morgan fingerprint density at radius 1 is 0.714 bits per heavy atom. The van der Waals surface area contributed by atoms with Crippen LogP contribution in [0.15, 0.2) is 85.7 Å². The number of ether oxygens (including phenoxy) is 1. The highest BCUT2D eigenvalue weighted by molar-refractivity contribution is 6.00. The molecule has 0 spiro atoms. The van der Waals surface area contributed by atoms with Crippen molar-refractivity contribution in [3.8, 4) is 45.3 Å². The lowest BCUT2D eigenvalue weighted by atomic mass is 9.96. The van der Waals surface area contributed by atoms with Crippen molar-refractivity contribution in [3.63, 3.8) is 0 Å². The fourth-order valence-corrected chi connectivity index (χ4v) is 8.86. The van der Waals surface area contributed by atoms with Gasteiger partial charge in [0.25, 0.3) is 5.92 Å². The van der Waals surface area contributed by atoms with Crippen LogP contribution >= 0.6 is 0 Å². The topological polar surface area (TPSA) is 187 Å². The molecular weight excluding hydrogens is 812 g/mol. The molecule has 0 aliphatic carbocycles. The van der Waals surface area contributed by atoms with Gasteiger partial charge in [-0.25, -0.2) is 33.1 Å². The Morgan fingerprint density at radius 2 is 1.48 bits per heavy atom. The number of rotatable bonds is 7. The van der Waals surface area contributed by atoms with Gasteiger partial charge in [-0.15, -0.1) is 0 Å². The van der Waals surface area contributed by atoms with E-state index in [0.717, 1.165) is 33.1 Å². The van der Waals surface area contributed by atoms with Crippen LogP contribution in [0, 0.1) is 5.82 Å². The molecule has 2 saturated heterocycles. The number of fused-ring (bicyclic) bond motifs is 4. The number of nitrogens with zero attached hydrogens (tertiary/aromatic N) is 11. The van der Waals surface area contributed by atoms with Crippen LogP contribution in [0.4, 0.5) is 24.8 Å². The van der Waals surface area contributed by atoms with Crippen LogP contribution in [-0.2, 0) is 11.8 Å². The van der Waals surface area contributed by atoms with E-state index < -0.39 is 17.8 Å². The van der Waals surface area contributed by atoms with Crippen molar-refractivity contribution in [3.05, 3.63) is 97.1 Å². The van der Waals surface area contributed by atoms with Gasteiger partial charge in [0.2, 0.25) is 0 Å². The highest BCUT2D eigenvalue weighted by atomic mass is 19.3. The van der Waals surface area contributed by atoms with Crippen molar-refractivity contribution in [2.75, 3.05) is 42.6 Å². The number of hydrogen-bond donors (Lipinski definition) is 4. The summed E-state index contributed by atoms with van der Waals surface area (Å²) in [5.41, 5.74) is 9.63. The number of H-pyrrole nitrogens is 4. The molecule has 63 heavy (non-hydrogen) atoms. The van der Waals surface area contributed by atoms with Gasteiger partial charge in [0.15, 0.2) is 23.3 Å². The predicted octanol–water partition coefficient (Wildman–Crippen LogP) is 7.73. The zero-order valence-corrected chi connectivity index (χ0v) is 33.6. The van der Waals surface area contributed by atoms with Crippen LogP contribution in [0.1, 0.15) is 24.5 Å². The summed E-state index contributed by atoms with van der Waals surface area (Å²) in [6, 6.07) is 15.2. The molecule has 2 aromatic carbocycles. The molecule has 2 aliphatic heterocycles. The molecule has 4 N–H and O–H groups in total. The number of aromatic nitrogens is 13. The maximum atomic E-state index is 14.7. The molecule has 0 radical (unpaired) electrons. The lowest BCUT2D eigenvalue weighted by molar-refractivity contribution is -0.0221. The minimum atomic E-state index is -2.70. The Labute approximate surface area is 354 Å². The molecule has 0 bridgehead atoms. The van der Waals surface area contributed by atoms with E-state index in [9.17, 15) is 13.2 Å². The number of morpholine rings is 1. The van der Waals surface area contributed by atoms with Crippen molar-refractivity contribution in [2.24, 2.45) is 7.05 Å². The standard InChI is InChI=1S/C44H36F3N15O/c1-60-21-26(19-51-60)23-2-3-31-28(15-23)36(58-56-31)40-52-33-5-9-50-43(39(33)55-40)62-12-13-63-34(22-62)29-16-24(25-14-27(45)20-48-18-25)17-30-35(29)57-59-37(30)41-53-32-4-8-49-42(38(32)54-41)61-10-6-44(46,47)7-11-61/h2-5,8-9,14-21,34H,6-7,10-13,22H2,1H3,(H,52,55)(H,53,54)(H,56,58)(H,57,59). The Bertz CT molecular complexity index is 3370. The van der Waals surface area contributed by atoms with Crippen molar-refractivity contribution >= 4 is 55.5 Å². The van der Waals surface area contributed by atoms with E-state index in [2.05, 4.69) is 51.3 Å². The molecule has 10 aromatic rings. The Balaban J connectivity index is 0.912. The number of hydrogen-bond acceptors (Lipinski definition) is 11. The summed E-state index contributed by atoms with van der Waals surface area (Å²) in [6.45, 7) is 1.68. The number of piperidine rings is 1. The second kappa shape index (κ2) is 14.2. The molecule has 2 fully saturated rings. The fraction of sp³-hybridized carbons (Fsp3) is 0.227. The van der Waals surface area contributed by atoms with Crippen LogP contribution < -0.4 is 9.80 Å². The predicted molar refractivity (Wildman–Crippen MR) is 231 cm³/mol. The molecular formula is C44H36F3N15O. The quantitative estimate of drug-likeness (QED) is 0.123. The normalized spacial score (nSPS) is 16.9. The largest absolute Gasteiger partial charge is 0.370 e. The molecule has 1 unspecified atom stereocenters. The molecule has 16 nitrogen and oxygen atoms in total. The number of pyridine rings is 3. The summed E-state index contributed by atoms with van der Waals surface area (Å²) in [5.74, 6) is -0.851. The minimum Gasteiger partial charge on any atom is -0.370 e. The van der Waals surface area contributed by atoms with E-state index in [4.69, 9.17) is 24.8 Å². The molecule has 0 saturated carbocycles. The van der Waals surface area contributed by atoms with Crippen LogP contribution in [0.25, 0.3) is 89.2 Å². The number of benzene rings is 2. The maximum absolute atomic E-state index is 14.7. The van der Waals surface area contributed by atoms with Crippen molar-refractivity contribution in [1.29, 1.82) is 0 Å². The summed E-state index contributed by atoms with van der Waals surface area (Å²) < 4.78 is 51.1. The number of aryl methyl sites for hydroxylation is 1. The molecule has 12 rings (SSSR count). The number of aromatic amines is 4. The minimum absolute atomic E-state index is 0.169. The summed E-state index contributed by atoms with van der Waals surface area (Å²) in [4.78, 5) is 34.5. The summed E-state index contributed by atoms with van der Waals surface area (Å²) in [5, 5.41) is 21.8. The van der Waals surface area contributed by atoms with Crippen LogP contribution in [0.3, 0.4) is 0 Å². The van der Waals surface area contributed by atoms with E-state index in [-0.39, 0.29) is 25.9 Å². The second-order valence-electron chi connectivity index (χ2n) is 16.1. The second-order valence-corrected chi connectivity index (χ2v) is 16.1. The highest BCUT2D eigenvalue weighted by Gasteiger charge is 2.35. The van der Waals surface area contributed by atoms with Gasteiger partial charge in [0.1, 0.15) is 34.3 Å². The summed E-state index contributed by atoms with van der Waals surface area (Å²) in [7, 11) is 1.89. The molecule has 1 atom stereocenters. The number of anilines is 2. The van der Waals surface area contributed by atoms with Gasteiger partial charge in [-0.2, -0.15) is 15.3 Å². The van der Waals surface area contributed by atoms with Crippen molar-refractivity contribution in [1.82, 2.24) is 65.1 Å². The summed E-state index contributed by atoms with van der Waals surface area (Å²) >= 11 is 0. The molecule has 314 valence electrons. The van der Waals surface area contributed by atoms with E-state index >= 15 is 0 Å². The van der Waals surface area contributed by atoms with Gasteiger partial charge < -0.3 is 24.5 Å². The maximum Gasteiger partial charge on any atom is 0.251 e. The number of nitrogens with one attached hydrogen (secondary N) is 4. The van der Waals surface area contributed by atoms with Gasteiger partial charge in [-0.3, -0.25) is 19.9 Å². The molecule has 19 heteroatoms. The first-order chi connectivity index (χ1) is 30.7. The monoisotopic (exact) mass is 847 g/mol. The third-order valence-corrected chi connectivity index (χ3v) is 12.1. The third kappa shape index (κ3) is 6.41. The van der Waals surface area contributed by atoms with Crippen LogP contribution in [0.5, 0.6) is 0 Å². The lowest BCUT2D eigenvalue weighted by Gasteiger charge is -2.34. The first-order valence-corrected chi connectivity index (χ1v) is 20.5. The molecule has 10 heterocycles. The summed E-state index contributed by atoms with van der Waals surface area (Å²) in [6.07, 6.45) is 9.01. The van der Waals surface area contributed by atoms with E-state index in [1.165, 1.54) is 12.3 Å². The zero-order valence-electron chi connectivity index (χ0n) is 33.6. The van der Waals surface area contributed by atoms with E-state index in [0.29, 0.717) is 92.9 Å². The van der Waals surface area contributed by atoms with Crippen molar-refractivity contribution in [2.45, 2.75) is 24.9 Å². The zero-order chi connectivity index (χ0) is 42.4. The van der Waals surface area contributed by atoms with E-state index in [1.54, 1.807) is 29.3 Å². The molecule has 2 aliphatic rings. The average Bonchev–Trinajstić information content (AvgIpc) is 4.15. The first-order valence-electron chi connectivity index (χ1n) is 20.5. The first kappa shape index (κ1) is 37.1. The number of alkyl halides is 2. The van der Waals surface area contributed by atoms with Crippen LogP contribution in [-0.4, -0.2) is 104 Å². The number of halogens is 3. The molecule has 0 amide bonds. The Hall–Kier alpha value is -7.67.